The van der Waals surface area contributed by atoms with E-state index < -0.39 is 41.7 Å². The van der Waals surface area contributed by atoms with Crippen LogP contribution in [0.3, 0.4) is 0 Å². The van der Waals surface area contributed by atoms with Gasteiger partial charge in [-0.3, -0.25) is 4.79 Å². The fourth-order valence-electron chi connectivity index (χ4n) is 1.61. The van der Waals surface area contributed by atoms with Gasteiger partial charge in [0, 0.05) is 24.2 Å². The summed E-state index contributed by atoms with van der Waals surface area (Å²) in [6.07, 6.45) is -4.74. The first kappa shape index (κ1) is 17.9. The standard InChI is InChI=1S/C14H15F5OS/c1-10(15)9-14(18,19)13(16,17)7-8-21-12(20)11-5-3-2-4-6-11/h2-6,10H,7-9H2,1H3. The number of thioether (sulfide) groups is 1. The fraction of sp³-hybridized carbons (Fsp3) is 0.500. The Kier molecular flexibility index (Phi) is 6.19. The van der Waals surface area contributed by atoms with Crippen molar-refractivity contribution in [1.29, 1.82) is 0 Å². The van der Waals surface area contributed by atoms with Crippen LogP contribution < -0.4 is 0 Å². The molecule has 0 aromatic heterocycles. The van der Waals surface area contributed by atoms with Crippen molar-refractivity contribution in [3.05, 3.63) is 35.9 Å². The van der Waals surface area contributed by atoms with Gasteiger partial charge < -0.3 is 0 Å². The molecule has 1 aromatic rings. The van der Waals surface area contributed by atoms with Crippen LogP contribution in [0.2, 0.25) is 0 Å². The second-order valence-electron chi connectivity index (χ2n) is 4.65. The molecular weight excluding hydrogens is 311 g/mol. The van der Waals surface area contributed by atoms with Gasteiger partial charge in [-0.25, -0.2) is 4.39 Å². The summed E-state index contributed by atoms with van der Waals surface area (Å²) < 4.78 is 65.7. The van der Waals surface area contributed by atoms with Crippen molar-refractivity contribution in [3.63, 3.8) is 0 Å². The molecule has 0 amide bonds. The first-order valence-electron chi connectivity index (χ1n) is 6.27. The van der Waals surface area contributed by atoms with Gasteiger partial charge in [0.15, 0.2) is 0 Å². The van der Waals surface area contributed by atoms with Crippen molar-refractivity contribution in [2.75, 3.05) is 5.75 Å². The van der Waals surface area contributed by atoms with Crippen LogP contribution in [0.5, 0.6) is 0 Å². The predicted molar refractivity (Wildman–Crippen MR) is 72.9 cm³/mol. The van der Waals surface area contributed by atoms with Crippen LogP contribution >= 0.6 is 11.8 Å². The molecule has 1 unspecified atom stereocenters. The van der Waals surface area contributed by atoms with E-state index in [2.05, 4.69) is 0 Å². The summed E-state index contributed by atoms with van der Waals surface area (Å²) in [6.45, 7) is 0.803. The Morgan fingerprint density at radius 3 is 2.24 bits per heavy atom. The lowest BCUT2D eigenvalue weighted by Gasteiger charge is -2.26. The third-order valence-corrected chi connectivity index (χ3v) is 3.64. The van der Waals surface area contributed by atoms with Crippen molar-refractivity contribution in [3.8, 4) is 0 Å². The number of rotatable bonds is 7. The van der Waals surface area contributed by atoms with E-state index in [0.29, 0.717) is 17.3 Å². The molecule has 0 spiro atoms. The molecule has 0 fully saturated rings. The monoisotopic (exact) mass is 326 g/mol. The van der Waals surface area contributed by atoms with Crippen LogP contribution in [-0.4, -0.2) is 28.9 Å². The van der Waals surface area contributed by atoms with E-state index in [4.69, 9.17) is 0 Å². The zero-order chi connectivity index (χ0) is 16.1. The zero-order valence-electron chi connectivity index (χ0n) is 11.3. The molecule has 0 radical (unpaired) electrons. The van der Waals surface area contributed by atoms with E-state index in [1.165, 1.54) is 12.1 Å². The van der Waals surface area contributed by atoms with E-state index >= 15 is 0 Å². The molecule has 0 aliphatic heterocycles. The Balaban J connectivity index is 2.52. The quantitative estimate of drug-likeness (QED) is 0.658. The Hall–Kier alpha value is -1.11. The van der Waals surface area contributed by atoms with E-state index in [1.807, 2.05) is 0 Å². The molecule has 0 N–H and O–H groups in total. The van der Waals surface area contributed by atoms with Crippen molar-refractivity contribution in [1.82, 2.24) is 0 Å². The molecule has 1 nitrogen and oxygen atoms in total. The molecule has 1 atom stereocenters. The third-order valence-electron chi connectivity index (χ3n) is 2.73. The second-order valence-corrected chi connectivity index (χ2v) is 5.71. The van der Waals surface area contributed by atoms with Crippen molar-refractivity contribution < 1.29 is 26.7 Å². The lowest BCUT2D eigenvalue weighted by molar-refractivity contribution is -0.217. The highest BCUT2D eigenvalue weighted by Gasteiger charge is 2.55. The maximum atomic E-state index is 13.4. The van der Waals surface area contributed by atoms with E-state index in [0.717, 1.165) is 6.92 Å². The molecule has 0 aliphatic rings. The maximum absolute atomic E-state index is 13.4. The molecule has 21 heavy (non-hydrogen) atoms. The highest BCUT2D eigenvalue weighted by atomic mass is 32.2. The van der Waals surface area contributed by atoms with Gasteiger partial charge in [-0.2, -0.15) is 17.6 Å². The van der Waals surface area contributed by atoms with Gasteiger partial charge in [0.1, 0.15) is 6.17 Å². The average molecular weight is 326 g/mol. The molecule has 7 heteroatoms. The third kappa shape index (κ3) is 5.30. The zero-order valence-corrected chi connectivity index (χ0v) is 12.1. The second kappa shape index (κ2) is 7.24. The largest absolute Gasteiger partial charge is 0.313 e. The van der Waals surface area contributed by atoms with Gasteiger partial charge in [0.25, 0.3) is 0 Å². The predicted octanol–water partition coefficient (Wildman–Crippen LogP) is 4.97. The molecule has 0 heterocycles. The summed E-state index contributed by atoms with van der Waals surface area (Å²) >= 11 is 0.545. The SMILES string of the molecule is CC(F)CC(F)(F)C(F)(F)CCSC(=O)c1ccccc1. The lowest BCUT2D eigenvalue weighted by atomic mass is 10.0. The number of benzene rings is 1. The molecular formula is C14H15F5OS. The van der Waals surface area contributed by atoms with Gasteiger partial charge in [0.2, 0.25) is 5.12 Å². The molecule has 0 saturated carbocycles. The molecule has 0 bridgehead atoms. The van der Waals surface area contributed by atoms with E-state index in [9.17, 15) is 26.7 Å². The highest BCUT2D eigenvalue weighted by Crippen LogP contribution is 2.41. The molecule has 1 rings (SSSR count). The van der Waals surface area contributed by atoms with Gasteiger partial charge in [-0.15, -0.1) is 0 Å². The minimum Gasteiger partial charge on any atom is -0.282 e. The number of carbonyl (C=O) groups is 1. The van der Waals surface area contributed by atoms with Crippen LogP contribution in [-0.2, 0) is 0 Å². The summed E-state index contributed by atoms with van der Waals surface area (Å²) in [4.78, 5) is 11.6. The number of alkyl halides is 5. The van der Waals surface area contributed by atoms with Crippen molar-refractivity contribution in [2.24, 2.45) is 0 Å². The van der Waals surface area contributed by atoms with Crippen LogP contribution in [0.1, 0.15) is 30.1 Å². The maximum Gasteiger partial charge on any atom is 0.313 e. The van der Waals surface area contributed by atoms with Crippen LogP contribution in [0, 0.1) is 0 Å². The summed E-state index contributed by atoms with van der Waals surface area (Å²) in [6, 6.07) is 7.92. The van der Waals surface area contributed by atoms with Gasteiger partial charge in [-0.05, 0) is 6.92 Å². The molecule has 0 saturated heterocycles. The van der Waals surface area contributed by atoms with Gasteiger partial charge in [-0.1, -0.05) is 42.1 Å². The minimum atomic E-state index is -4.42. The summed E-state index contributed by atoms with van der Waals surface area (Å²) in [5.41, 5.74) is 0.315. The molecule has 118 valence electrons. The Morgan fingerprint density at radius 1 is 1.14 bits per heavy atom. The van der Waals surface area contributed by atoms with E-state index in [-0.39, 0.29) is 0 Å². The highest BCUT2D eigenvalue weighted by molar-refractivity contribution is 8.14. The Bertz CT molecular complexity index is 462. The minimum absolute atomic E-state index is 0.315. The van der Waals surface area contributed by atoms with Gasteiger partial charge in [0.05, 0.1) is 0 Å². The first-order chi connectivity index (χ1) is 9.66. The first-order valence-corrected chi connectivity index (χ1v) is 7.26. The smallest absolute Gasteiger partial charge is 0.282 e. The number of carbonyl (C=O) groups excluding carboxylic acids is 1. The molecule has 1 aromatic carbocycles. The Labute approximate surface area is 123 Å². The number of hydrogen-bond donors (Lipinski definition) is 0. The van der Waals surface area contributed by atoms with E-state index in [1.54, 1.807) is 18.2 Å². The summed E-state index contributed by atoms with van der Waals surface area (Å²) in [5.74, 6) is -9.22. The lowest BCUT2D eigenvalue weighted by Crippen LogP contribution is -2.42. The summed E-state index contributed by atoms with van der Waals surface area (Å²) in [7, 11) is 0. The number of hydrogen-bond acceptors (Lipinski definition) is 2. The van der Waals surface area contributed by atoms with Crippen LogP contribution in [0.4, 0.5) is 22.0 Å². The van der Waals surface area contributed by atoms with Crippen LogP contribution in [0.15, 0.2) is 30.3 Å². The fourth-order valence-corrected chi connectivity index (χ4v) is 2.46. The van der Waals surface area contributed by atoms with Crippen molar-refractivity contribution >= 4 is 16.9 Å². The van der Waals surface area contributed by atoms with Gasteiger partial charge >= 0.3 is 11.8 Å². The summed E-state index contributed by atoms with van der Waals surface area (Å²) in [5, 5.41) is -0.464. The number of halogens is 5. The topological polar surface area (TPSA) is 17.1 Å². The normalized spacial score (nSPS) is 14.0. The average Bonchev–Trinajstić information content (AvgIpc) is 2.37. The Morgan fingerprint density at radius 2 is 1.71 bits per heavy atom. The van der Waals surface area contributed by atoms with Crippen LogP contribution in [0.25, 0.3) is 0 Å². The van der Waals surface area contributed by atoms with Crippen molar-refractivity contribution in [2.45, 2.75) is 37.8 Å². The molecule has 0 aliphatic carbocycles.